The minimum absolute atomic E-state index is 0.125. The third-order valence-electron chi connectivity index (χ3n) is 7.07. The first-order valence-electron chi connectivity index (χ1n) is 11.8. The van der Waals surface area contributed by atoms with Crippen molar-refractivity contribution in [2.45, 2.75) is 83.4 Å². The van der Waals surface area contributed by atoms with Crippen LogP contribution in [-0.4, -0.2) is 57.9 Å². The highest BCUT2D eigenvalue weighted by atomic mass is 79.9. The largest absolute Gasteiger partial charge is 0.444 e. The summed E-state index contributed by atoms with van der Waals surface area (Å²) in [5, 5.41) is 5.49. The van der Waals surface area contributed by atoms with E-state index < -0.39 is 46.8 Å². The lowest BCUT2D eigenvalue weighted by Crippen LogP contribution is -2.47. The molecule has 0 spiro atoms. The molecular weight excluding hydrogens is 526 g/mol. The van der Waals surface area contributed by atoms with E-state index in [0.717, 1.165) is 5.56 Å². The second kappa shape index (κ2) is 8.97. The maximum absolute atomic E-state index is 14.0. The van der Waals surface area contributed by atoms with Crippen molar-refractivity contribution in [2.24, 2.45) is 11.3 Å². The number of nitrogens with one attached hydrogen (secondary N) is 2. The van der Waals surface area contributed by atoms with E-state index in [-0.39, 0.29) is 31.8 Å². The lowest BCUT2D eigenvalue weighted by atomic mass is 9.98. The number of likely N-dealkylation sites (tertiary alicyclic amines) is 1. The first kappa shape index (κ1) is 25.8. The number of anilines is 1. The number of aryl methyl sites for hydroxylation is 1. The number of amides is 3. The Kier molecular flexibility index (Phi) is 6.61. The molecule has 3 amide bonds. The van der Waals surface area contributed by atoms with E-state index in [1.54, 1.807) is 32.9 Å². The van der Waals surface area contributed by atoms with E-state index in [4.69, 9.17) is 4.74 Å². The smallest absolute Gasteiger partial charge is 0.411 e. The number of alkyl halides is 2. The SMILES string of the molecule is Cc1ccc(Br)nc1NC(=O)[C@@H]1C[C@@]2(CNC(=O)C3CCCC3(F)F)C[C@H]2N1C(=O)OC(C)(C)C. The Labute approximate surface area is 211 Å². The molecule has 2 N–H and O–H groups in total. The van der Waals surface area contributed by atoms with Gasteiger partial charge in [-0.2, -0.15) is 0 Å². The average Bonchev–Trinajstić information content (AvgIpc) is 3.15. The zero-order valence-corrected chi connectivity index (χ0v) is 21.9. The van der Waals surface area contributed by atoms with Gasteiger partial charge in [0.15, 0.2) is 0 Å². The van der Waals surface area contributed by atoms with Crippen LogP contribution >= 0.6 is 15.9 Å². The third kappa shape index (κ3) is 5.29. The minimum atomic E-state index is -3.00. The van der Waals surface area contributed by atoms with Gasteiger partial charge in [0.2, 0.25) is 11.8 Å². The number of ether oxygens (including phenoxy) is 1. The number of fused-ring (bicyclic) bond motifs is 1. The van der Waals surface area contributed by atoms with Crippen LogP contribution in [0, 0.1) is 18.3 Å². The van der Waals surface area contributed by atoms with E-state index >= 15 is 0 Å². The second-order valence-electron chi connectivity index (χ2n) is 10.9. The highest BCUT2D eigenvalue weighted by Crippen LogP contribution is 2.59. The monoisotopic (exact) mass is 556 g/mol. The first-order valence-corrected chi connectivity index (χ1v) is 12.6. The van der Waals surface area contributed by atoms with Gasteiger partial charge in [-0.25, -0.2) is 18.6 Å². The summed E-state index contributed by atoms with van der Waals surface area (Å²) in [4.78, 5) is 44.6. The molecule has 4 atom stereocenters. The van der Waals surface area contributed by atoms with Crippen LogP contribution in [-0.2, 0) is 14.3 Å². The number of pyridine rings is 1. The van der Waals surface area contributed by atoms with Gasteiger partial charge in [-0.1, -0.05) is 6.07 Å². The topological polar surface area (TPSA) is 101 Å². The summed E-state index contributed by atoms with van der Waals surface area (Å²) in [5.74, 6) is -5.03. The molecule has 3 aliphatic rings. The highest BCUT2D eigenvalue weighted by Gasteiger charge is 2.68. The molecule has 192 valence electrons. The van der Waals surface area contributed by atoms with Gasteiger partial charge in [0.05, 0.1) is 0 Å². The molecule has 11 heteroatoms. The van der Waals surface area contributed by atoms with Crippen LogP contribution in [0.3, 0.4) is 0 Å². The number of piperidine rings is 1. The highest BCUT2D eigenvalue weighted by molar-refractivity contribution is 9.10. The van der Waals surface area contributed by atoms with Crippen LogP contribution < -0.4 is 10.6 Å². The fourth-order valence-electron chi connectivity index (χ4n) is 5.16. The van der Waals surface area contributed by atoms with Crippen LogP contribution in [0.1, 0.15) is 58.4 Å². The van der Waals surface area contributed by atoms with Gasteiger partial charge in [0.25, 0.3) is 5.92 Å². The molecule has 0 radical (unpaired) electrons. The van der Waals surface area contributed by atoms with E-state index in [1.807, 2.05) is 6.92 Å². The zero-order valence-electron chi connectivity index (χ0n) is 20.3. The van der Waals surface area contributed by atoms with Gasteiger partial charge in [0, 0.05) is 24.4 Å². The molecule has 35 heavy (non-hydrogen) atoms. The van der Waals surface area contributed by atoms with Crippen molar-refractivity contribution in [1.82, 2.24) is 15.2 Å². The van der Waals surface area contributed by atoms with Crippen LogP contribution in [0.5, 0.6) is 0 Å². The van der Waals surface area contributed by atoms with Crippen molar-refractivity contribution in [1.29, 1.82) is 0 Å². The number of rotatable bonds is 5. The Morgan fingerprint density at radius 1 is 1.23 bits per heavy atom. The van der Waals surface area contributed by atoms with Crippen molar-refractivity contribution in [2.75, 3.05) is 11.9 Å². The molecule has 2 saturated carbocycles. The van der Waals surface area contributed by atoms with Gasteiger partial charge in [-0.3, -0.25) is 14.5 Å². The van der Waals surface area contributed by atoms with Crippen LogP contribution in [0.25, 0.3) is 0 Å². The van der Waals surface area contributed by atoms with Crippen LogP contribution in [0.15, 0.2) is 16.7 Å². The number of aromatic nitrogens is 1. The predicted octanol–water partition coefficient (Wildman–Crippen LogP) is 4.41. The summed E-state index contributed by atoms with van der Waals surface area (Å²) in [7, 11) is 0. The lowest BCUT2D eigenvalue weighted by molar-refractivity contribution is -0.136. The Morgan fingerprint density at radius 2 is 1.94 bits per heavy atom. The van der Waals surface area contributed by atoms with Crippen molar-refractivity contribution in [3.05, 3.63) is 22.3 Å². The van der Waals surface area contributed by atoms with E-state index in [2.05, 4.69) is 31.5 Å². The maximum Gasteiger partial charge on any atom is 0.411 e. The molecule has 0 aromatic carbocycles. The molecule has 1 aliphatic heterocycles. The number of nitrogens with zero attached hydrogens (tertiary/aromatic N) is 2. The lowest BCUT2D eigenvalue weighted by Gasteiger charge is -2.29. The minimum Gasteiger partial charge on any atom is -0.444 e. The van der Waals surface area contributed by atoms with Crippen molar-refractivity contribution in [3.63, 3.8) is 0 Å². The standard InChI is InChI=1S/C24H31BrF2N4O4/c1-13-7-8-17(25)29-18(13)30-20(33)15-10-23(11-16(23)31(15)21(34)35-22(2,3)4)12-28-19(32)14-6-5-9-24(14,26)27/h7-8,14-16H,5-6,9-12H2,1-4H3,(H,28,32)(H,29,30,33)/t14?,15-,16+,23-/m0/s1. The van der Waals surface area contributed by atoms with Gasteiger partial charge in [-0.05, 0) is 80.9 Å². The second-order valence-corrected chi connectivity index (χ2v) is 11.7. The molecule has 2 aliphatic carbocycles. The molecule has 4 rings (SSSR count). The molecule has 1 saturated heterocycles. The summed E-state index contributed by atoms with van der Waals surface area (Å²) in [6.07, 6.45) is 0.425. The van der Waals surface area contributed by atoms with E-state index in [9.17, 15) is 23.2 Å². The normalized spacial score (nSPS) is 28.9. The molecule has 2 heterocycles. The summed E-state index contributed by atoms with van der Waals surface area (Å²) in [5.41, 5.74) is -0.557. The summed E-state index contributed by atoms with van der Waals surface area (Å²) in [6, 6.07) is 2.40. The number of carbonyl (C=O) groups is 3. The Balaban J connectivity index is 1.50. The van der Waals surface area contributed by atoms with E-state index in [0.29, 0.717) is 23.3 Å². The summed E-state index contributed by atoms with van der Waals surface area (Å²) >= 11 is 3.29. The molecule has 1 aromatic heterocycles. The van der Waals surface area contributed by atoms with Gasteiger partial charge >= 0.3 is 6.09 Å². The number of hydrogen-bond donors (Lipinski definition) is 2. The summed E-state index contributed by atoms with van der Waals surface area (Å²) in [6.45, 7) is 7.16. The Morgan fingerprint density at radius 3 is 2.57 bits per heavy atom. The Bertz CT molecular complexity index is 1050. The van der Waals surface area contributed by atoms with Crippen molar-refractivity contribution >= 4 is 39.7 Å². The van der Waals surface area contributed by atoms with Gasteiger partial charge in [0.1, 0.15) is 28.0 Å². The van der Waals surface area contributed by atoms with Gasteiger partial charge < -0.3 is 15.4 Å². The summed E-state index contributed by atoms with van der Waals surface area (Å²) < 4.78 is 34.2. The van der Waals surface area contributed by atoms with Crippen molar-refractivity contribution in [3.8, 4) is 0 Å². The van der Waals surface area contributed by atoms with Crippen molar-refractivity contribution < 1.29 is 27.9 Å². The Hall–Kier alpha value is -2.30. The van der Waals surface area contributed by atoms with Crippen LogP contribution in [0.4, 0.5) is 19.4 Å². The number of carbonyl (C=O) groups excluding carboxylic acids is 3. The molecule has 8 nitrogen and oxygen atoms in total. The third-order valence-corrected chi connectivity index (χ3v) is 7.52. The molecule has 0 bridgehead atoms. The van der Waals surface area contributed by atoms with Gasteiger partial charge in [-0.15, -0.1) is 0 Å². The maximum atomic E-state index is 14.0. The molecular formula is C24H31BrF2N4O4. The van der Waals surface area contributed by atoms with E-state index in [1.165, 1.54) is 4.90 Å². The average molecular weight is 557 g/mol. The fourth-order valence-corrected chi connectivity index (χ4v) is 5.47. The van der Waals surface area contributed by atoms with Crippen LogP contribution in [0.2, 0.25) is 0 Å². The first-order chi connectivity index (χ1) is 16.2. The molecule has 1 aromatic rings. The fraction of sp³-hybridized carbons (Fsp3) is 0.667. The predicted molar refractivity (Wildman–Crippen MR) is 128 cm³/mol. The zero-order chi connectivity index (χ0) is 25.8. The molecule has 1 unspecified atom stereocenters. The number of hydrogen-bond acceptors (Lipinski definition) is 5. The number of halogens is 3. The molecule has 3 fully saturated rings. The quantitative estimate of drug-likeness (QED) is 0.523.